The molecular formula is C71H90S4. The lowest BCUT2D eigenvalue weighted by Gasteiger charge is -2.34. The topological polar surface area (TPSA) is 0 Å². The molecule has 0 nitrogen and oxygen atoms in total. The maximum Gasteiger partial charge on any atom is 0.0713 e. The van der Waals surface area contributed by atoms with Crippen LogP contribution in [0.1, 0.15) is 206 Å². The molecule has 0 N–H and O–H groups in total. The second kappa shape index (κ2) is 29.4. The van der Waals surface area contributed by atoms with Crippen molar-refractivity contribution in [1.82, 2.24) is 0 Å². The fraction of sp³-hybridized carbons (Fsp3) is 0.437. The molecule has 9 rings (SSSR count). The molecule has 4 heteroatoms. The van der Waals surface area contributed by atoms with Crippen LogP contribution in [-0.4, -0.2) is 0 Å². The Balaban J connectivity index is 0.000000165. The summed E-state index contributed by atoms with van der Waals surface area (Å²) in [6, 6.07) is 45.6. The van der Waals surface area contributed by atoms with E-state index in [1.807, 2.05) is 45.3 Å². The van der Waals surface area contributed by atoms with Crippen molar-refractivity contribution in [2.24, 2.45) is 0 Å². The molecule has 4 heterocycles. The molecule has 0 atom stereocenters. The van der Waals surface area contributed by atoms with Crippen molar-refractivity contribution in [3.63, 3.8) is 0 Å². The first kappa shape index (κ1) is 58.4. The van der Waals surface area contributed by atoms with Gasteiger partial charge in [-0.1, -0.05) is 213 Å². The first-order chi connectivity index (χ1) is 36.5. The van der Waals surface area contributed by atoms with E-state index in [2.05, 4.69) is 191 Å². The zero-order valence-corrected chi connectivity index (χ0v) is 51.1. The lowest BCUT2D eigenvalue weighted by molar-refractivity contribution is 0.666. The highest BCUT2D eigenvalue weighted by atomic mass is 32.1. The van der Waals surface area contributed by atoms with Crippen LogP contribution in [0.4, 0.5) is 0 Å². The molecule has 0 radical (unpaired) electrons. The predicted octanol–water partition coefficient (Wildman–Crippen LogP) is 23.3. The first-order valence-electron chi connectivity index (χ1n) is 29.2. The number of thiophene rings is 4. The second-order valence-electron chi connectivity index (χ2n) is 21.6. The van der Waals surface area contributed by atoms with Crippen molar-refractivity contribution in [1.29, 1.82) is 0 Å². The molecule has 4 aromatic carbocycles. The number of aryl methyl sites for hydroxylation is 10. The van der Waals surface area contributed by atoms with Gasteiger partial charge in [-0.3, -0.25) is 0 Å². The van der Waals surface area contributed by atoms with Gasteiger partial charge in [0.1, 0.15) is 0 Å². The second-order valence-corrected chi connectivity index (χ2v) is 26.7. The summed E-state index contributed by atoms with van der Waals surface area (Å²) < 4.78 is 0. The average molecular weight is 1070 g/mol. The molecular weight excluding hydrogens is 981 g/mol. The van der Waals surface area contributed by atoms with E-state index < -0.39 is 0 Å². The fourth-order valence-electron chi connectivity index (χ4n) is 11.4. The molecule has 4 aromatic heterocycles. The SMILES string of the molecule is CCCCCCc1cc(-c2cc(CCCCCC)c(C)s2)sc1C.CCCCCCc1cc(C)sc1-c1sc(C)cc1CCCCCC.Cc1ccc2c(c1)C(c1ccccc1)(c1ccccc1)c1cc(C)ccc1-2. The van der Waals surface area contributed by atoms with E-state index in [4.69, 9.17) is 0 Å². The summed E-state index contributed by atoms with van der Waals surface area (Å²) in [5.41, 5.74) is 16.8. The zero-order chi connectivity index (χ0) is 53.2. The van der Waals surface area contributed by atoms with Crippen molar-refractivity contribution in [3.05, 3.63) is 196 Å². The number of fused-ring (bicyclic) bond motifs is 3. The van der Waals surface area contributed by atoms with Crippen LogP contribution in [-0.2, 0) is 31.1 Å². The molecule has 398 valence electrons. The third-order valence-corrected chi connectivity index (χ3v) is 20.1. The third-order valence-electron chi connectivity index (χ3n) is 15.4. The number of hydrogen-bond donors (Lipinski definition) is 0. The van der Waals surface area contributed by atoms with E-state index in [1.165, 1.54) is 202 Å². The van der Waals surface area contributed by atoms with Gasteiger partial charge in [-0.2, -0.15) is 0 Å². The Morgan fingerprint density at radius 3 is 1.03 bits per heavy atom. The minimum absolute atomic E-state index is 0.273. The maximum atomic E-state index is 2.47. The van der Waals surface area contributed by atoms with Gasteiger partial charge in [-0.25, -0.2) is 0 Å². The van der Waals surface area contributed by atoms with Crippen LogP contribution in [0.2, 0.25) is 0 Å². The normalized spacial score (nSPS) is 12.2. The molecule has 8 aromatic rings. The Kier molecular flexibility index (Phi) is 22.9. The highest BCUT2D eigenvalue weighted by Crippen LogP contribution is 2.56. The lowest BCUT2D eigenvalue weighted by atomic mass is 9.67. The van der Waals surface area contributed by atoms with Crippen molar-refractivity contribution in [3.8, 4) is 30.6 Å². The van der Waals surface area contributed by atoms with Gasteiger partial charge in [0.2, 0.25) is 0 Å². The number of unbranched alkanes of at least 4 members (excludes halogenated alkanes) is 12. The Hall–Kier alpha value is -4.32. The number of benzene rings is 4. The first-order valence-corrected chi connectivity index (χ1v) is 32.5. The molecule has 0 fully saturated rings. The van der Waals surface area contributed by atoms with Gasteiger partial charge in [0.15, 0.2) is 0 Å². The molecule has 0 aliphatic heterocycles. The van der Waals surface area contributed by atoms with Gasteiger partial charge < -0.3 is 0 Å². The Morgan fingerprint density at radius 2 is 0.680 bits per heavy atom. The minimum atomic E-state index is -0.273. The number of hydrogen-bond acceptors (Lipinski definition) is 4. The van der Waals surface area contributed by atoms with Crippen molar-refractivity contribution in [2.75, 3.05) is 0 Å². The van der Waals surface area contributed by atoms with Crippen LogP contribution >= 0.6 is 45.3 Å². The van der Waals surface area contributed by atoms with Gasteiger partial charge in [-0.15, -0.1) is 45.3 Å². The standard InChI is InChI=1S/C27H22.2C22H34S2/c1-19-13-15-23-24-16-14-20(2)18-26(24)27(25(23)17-19,21-9-5-3-6-10-21)22-11-7-4-8-12-22;1-5-7-9-11-13-19-15-21(23-17(19)3)22-16-20(18(4)24-22)14-12-10-8-6-2;1-5-7-9-11-13-19-15-17(3)23-21(19)22-20(16-18(4)24-22)14-12-10-8-6-2/h3-18H,1-2H3;2*15-16H,5-14H2,1-4H3. The summed E-state index contributed by atoms with van der Waals surface area (Å²) in [6.07, 6.45) is 26.7. The van der Waals surface area contributed by atoms with Crippen LogP contribution in [0.15, 0.2) is 121 Å². The Labute approximate surface area is 472 Å². The van der Waals surface area contributed by atoms with E-state index in [0.717, 1.165) is 0 Å². The zero-order valence-electron chi connectivity index (χ0n) is 47.8. The fourth-order valence-corrected chi connectivity index (χ4v) is 15.9. The monoisotopic (exact) mass is 1070 g/mol. The highest BCUT2D eigenvalue weighted by molar-refractivity contribution is 7.23. The summed E-state index contributed by atoms with van der Waals surface area (Å²) in [4.78, 5) is 12.1. The lowest BCUT2D eigenvalue weighted by Crippen LogP contribution is -2.28. The van der Waals surface area contributed by atoms with Crippen LogP contribution < -0.4 is 0 Å². The average Bonchev–Trinajstić information content (AvgIpc) is 4.24. The van der Waals surface area contributed by atoms with Crippen LogP contribution in [0.3, 0.4) is 0 Å². The summed E-state index contributed by atoms with van der Waals surface area (Å²) in [5, 5.41) is 0. The minimum Gasteiger partial charge on any atom is -0.139 e. The summed E-state index contributed by atoms with van der Waals surface area (Å²) >= 11 is 8.02. The van der Waals surface area contributed by atoms with Gasteiger partial charge in [0.25, 0.3) is 0 Å². The van der Waals surface area contributed by atoms with E-state index in [0.29, 0.717) is 0 Å². The molecule has 0 saturated carbocycles. The molecule has 1 aliphatic rings. The van der Waals surface area contributed by atoms with Crippen molar-refractivity contribution < 1.29 is 0 Å². The van der Waals surface area contributed by atoms with E-state index >= 15 is 0 Å². The largest absolute Gasteiger partial charge is 0.139 e. The molecule has 75 heavy (non-hydrogen) atoms. The highest BCUT2D eigenvalue weighted by Gasteiger charge is 2.46. The summed E-state index contributed by atoms with van der Waals surface area (Å²) in [7, 11) is 0. The number of rotatable bonds is 24. The molecule has 0 amide bonds. The molecule has 0 spiro atoms. The van der Waals surface area contributed by atoms with Gasteiger partial charge in [0, 0.05) is 39.0 Å². The smallest absolute Gasteiger partial charge is 0.0713 e. The summed E-state index contributed by atoms with van der Waals surface area (Å²) in [6.45, 7) is 22.7. The Bertz CT molecular complexity index is 2750. The third kappa shape index (κ3) is 15.0. The van der Waals surface area contributed by atoms with Crippen LogP contribution in [0, 0.1) is 41.5 Å². The van der Waals surface area contributed by atoms with Gasteiger partial charge >= 0.3 is 0 Å². The van der Waals surface area contributed by atoms with Gasteiger partial charge in [-0.05, 0) is 173 Å². The summed E-state index contributed by atoms with van der Waals surface area (Å²) in [5.74, 6) is 0. The Morgan fingerprint density at radius 1 is 0.333 bits per heavy atom. The van der Waals surface area contributed by atoms with Crippen LogP contribution in [0.5, 0.6) is 0 Å². The van der Waals surface area contributed by atoms with E-state index in [1.54, 1.807) is 32.0 Å². The van der Waals surface area contributed by atoms with Crippen LogP contribution in [0.25, 0.3) is 30.6 Å². The van der Waals surface area contributed by atoms with E-state index in [-0.39, 0.29) is 5.41 Å². The maximum absolute atomic E-state index is 2.47. The molecule has 1 aliphatic carbocycles. The molecule has 0 bridgehead atoms. The van der Waals surface area contributed by atoms with Crippen molar-refractivity contribution in [2.45, 2.75) is 203 Å². The quantitative estimate of drug-likeness (QED) is 0.0529. The van der Waals surface area contributed by atoms with Crippen molar-refractivity contribution >= 4 is 45.3 Å². The van der Waals surface area contributed by atoms with Gasteiger partial charge in [0.05, 0.1) is 5.41 Å². The molecule has 0 unspecified atom stereocenters. The molecule has 0 saturated heterocycles. The predicted molar refractivity (Wildman–Crippen MR) is 339 cm³/mol. The van der Waals surface area contributed by atoms with E-state index in [9.17, 15) is 0 Å².